The van der Waals surface area contributed by atoms with Gasteiger partial charge < -0.3 is 9.84 Å². The third kappa shape index (κ3) is 12.1. The number of ether oxygens (including phenoxy) is 1. The highest BCUT2D eigenvalue weighted by molar-refractivity contribution is 5.76. The Balaban J connectivity index is 3.62. The van der Waals surface area contributed by atoms with Gasteiger partial charge in [-0.1, -0.05) is 64.7 Å². The molecular weight excluding hydrogens is 340 g/mol. The summed E-state index contributed by atoms with van der Waals surface area (Å²) in [5, 5.41) is 9.09. The molecule has 1 unspecified atom stereocenters. The number of esters is 1. The minimum absolute atomic E-state index is 0.00646. The van der Waals surface area contributed by atoms with E-state index in [1.807, 2.05) is 27.7 Å². The summed E-state index contributed by atoms with van der Waals surface area (Å²) >= 11 is 0. The first kappa shape index (κ1) is 25.9. The van der Waals surface area contributed by atoms with Gasteiger partial charge in [-0.3, -0.25) is 9.59 Å². The van der Waals surface area contributed by atoms with Crippen LogP contribution in [-0.2, 0) is 14.3 Å². The lowest BCUT2D eigenvalue weighted by atomic mass is 9.86. The SMILES string of the molecule is CCC(C)OC(=O)C(C)(C)CCCCCCCCCCCC(C)(C)C(=O)O. The van der Waals surface area contributed by atoms with E-state index in [-0.39, 0.29) is 17.5 Å². The second-order valence-corrected chi connectivity index (χ2v) is 9.38. The lowest BCUT2D eigenvalue weighted by molar-refractivity contribution is -0.159. The van der Waals surface area contributed by atoms with Crippen molar-refractivity contribution in [1.82, 2.24) is 0 Å². The summed E-state index contributed by atoms with van der Waals surface area (Å²) in [5.74, 6) is -0.762. The van der Waals surface area contributed by atoms with Crippen molar-refractivity contribution in [3.05, 3.63) is 0 Å². The summed E-state index contributed by atoms with van der Waals surface area (Å²) in [6.07, 6.45) is 13.1. The maximum absolute atomic E-state index is 12.2. The molecule has 0 amide bonds. The molecular formula is C23H44O4. The van der Waals surface area contributed by atoms with Crippen molar-refractivity contribution >= 4 is 11.9 Å². The molecule has 0 spiro atoms. The van der Waals surface area contributed by atoms with E-state index in [4.69, 9.17) is 9.84 Å². The zero-order valence-corrected chi connectivity index (χ0v) is 18.7. The van der Waals surface area contributed by atoms with E-state index in [9.17, 15) is 9.59 Å². The molecule has 1 N–H and O–H groups in total. The Labute approximate surface area is 167 Å². The van der Waals surface area contributed by atoms with Crippen LogP contribution in [0.2, 0.25) is 0 Å². The molecule has 0 aliphatic rings. The van der Waals surface area contributed by atoms with Crippen LogP contribution in [0.25, 0.3) is 0 Å². The highest BCUT2D eigenvalue weighted by Crippen LogP contribution is 2.27. The molecule has 1 atom stereocenters. The van der Waals surface area contributed by atoms with Crippen LogP contribution in [0.4, 0.5) is 0 Å². The van der Waals surface area contributed by atoms with Crippen molar-refractivity contribution in [3.8, 4) is 0 Å². The number of unbranched alkanes of at least 4 members (excludes halogenated alkanes) is 8. The molecule has 0 saturated carbocycles. The number of hydrogen-bond acceptors (Lipinski definition) is 3. The fraction of sp³-hybridized carbons (Fsp3) is 0.913. The second kappa shape index (κ2) is 13.2. The van der Waals surface area contributed by atoms with E-state index in [2.05, 4.69) is 0 Å². The molecule has 0 aromatic heterocycles. The Hall–Kier alpha value is -1.06. The van der Waals surface area contributed by atoms with Crippen LogP contribution >= 0.6 is 0 Å². The minimum Gasteiger partial charge on any atom is -0.481 e. The fourth-order valence-electron chi connectivity index (χ4n) is 3.01. The molecule has 4 heteroatoms. The molecule has 0 rings (SSSR count). The predicted octanol–water partition coefficient (Wildman–Crippen LogP) is 6.76. The van der Waals surface area contributed by atoms with E-state index < -0.39 is 11.4 Å². The van der Waals surface area contributed by atoms with Crippen LogP contribution in [-0.4, -0.2) is 23.1 Å². The van der Waals surface area contributed by atoms with E-state index in [1.54, 1.807) is 13.8 Å². The van der Waals surface area contributed by atoms with Gasteiger partial charge >= 0.3 is 11.9 Å². The van der Waals surface area contributed by atoms with Gasteiger partial charge in [0.1, 0.15) is 0 Å². The highest BCUT2D eigenvalue weighted by atomic mass is 16.5. The predicted molar refractivity (Wildman–Crippen MR) is 112 cm³/mol. The first-order chi connectivity index (χ1) is 12.5. The largest absolute Gasteiger partial charge is 0.481 e. The monoisotopic (exact) mass is 384 g/mol. The van der Waals surface area contributed by atoms with Gasteiger partial charge in [0.05, 0.1) is 16.9 Å². The Kier molecular flexibility index (Phi) is 12.7. The summed E-state index contributed by atoms with van der Waals surface area (Å²) in [6, 6.07) is 0. The molecule has 0 saturated heterocycles. The quantitative estimate of drug-likeness (QED) is 0.236. The van der Waals surface area contributed by atoms with Crippen LogP contribution in [0.5, 0.6) is 0 Å². The van der Waals surface area contributed by atoms with Crippen LogP contribution in [0, 0.1) is 10.8 Å². The first-order valence-corrected chi connectivity index (χ1v) is 11.0. The van der Waals surface area contributed by atoms with Crippen molar-refractivity contribution in [3.63, 3.8) is 0 Å². The van der Waals surface area contributed by atoms with E-state index >= 15 is 0 Å². The molecule has 0 aliphatic carbocycles. The van der Waals surface area contributed by atoms with Gasteiger partial charge in [-0.25, -0.2) is 0 Å². The number of aliphatic carboxylic acids is 1. The average molecular weight is 385 g/mol. The molecule has 0 aromatic rings. The summed E-state index contributed by atoms with van der Waals surface area (Å²) in [5.41, 5.74) is -0.970. The zero-order valence-electron chi connectivity index (χ0n) is 18.7. The topological polar surface area (TPSA) is 63.6 Å². The summed E-state index contributed by atoms with van der Waals surface area (Å²) in [7, 11) is 0. The summed E-state index contributed by atoms with van der Waals surface area (Å²) in [4.78, 5) is 23.2. The standard InChI is InChI=1S/C23H44O4/c1-7-19(2)27-21(26)23(5,6)18-16-14-12-10-8-9-11-13-15-17-22(3,4)20(24)25/h19H,7-18H2,1-6H3,(H,24,25). The second-order valence-electron chi connectivity index (χ2n) is 9.38. The molecule has 0 heterocycles. The van der Waals surface area contributed by atoms with Crippen LogP contribution in [0.1, 0.15) is 119 Å². The van der Waals surface area contributed by atoms with Crippen LogP contribution < -0.4 is 0 Å². The number of carboxylic acid groups (broad SMARTS) is 1. The Morgan fingerprint density at radius 3 is 1.52 bits per heavy atom. The minimum atomic E-state index is -0.696. The number of carboxylic acids is 1. The average Bonchev–Trinajstić information content (AvgIpc) is 2.59. The summed E-state index contributed by atoms with van der Waals surface area (Å²) in [6.45, 7) is 11.6. The first-order valence-electron chi connectivity index (χ1n) is 11.0. The van der Waals surface area contributed by atoms with E-state index in [0.29, 0.717) is 0 Å². The third-order valence-corrected chi connectivity index (χ3v) is 5.62. The molecule has 0 aromatic carbocycles. The van der Waals surface area contributed by atoms with Crippen molar-refractivity contribution in [2.75, 3.05) is 0 Å². The number of rotatable bonds is 16. The molecule has 4 nitrogen and oxygen atoms in total. The van der Waals surface area contributed by atoms with Gasteiger partial charge in [0, 0.05) is 0 Å². The number of carbonyl (C=O) groups is 2. The fourth-order valence-corrected chi connectivity index (χ4v) is 3.01. The van der Waals surface area contributed by atoms with Gasteiger partial charge in [0.2, 0.25) is 0 Å². The van der Waals surface area contributed by atoms with Crippen molar-refractivity contribution in [2.24, 2.45) is 10.8 Å². The Bertz CT molecular complexity index is 426. The van der Waals surface area contributed by atoms with Gasteiger partial charge in [0.25, 0.3) is 0 Å². The lowest BCUT2D eigenvalue weighted by Gasteiger charge is -2.24. The summed E-state index contributed by atoms with van der Waals surface area (Å²) < 4.78 is 5.47. The third-order valence-electron chi connectivity index (χ3n) is 5.62. The van der Waals surface area contributed by atoms with Gasteiger partial charge in [0.15, 0.2) is 0 Å². The van der Waals surface area contributed by atoms with E-state index in [0.717, 1.165) is 38.5 Å². The van der Waals surface area contributed by atoms with Gasteiger partial charge in [-0.15, -0.1) is 0 Å². The molecule has 27 heavy (non-hydrogen) atoms. The Morgan fingerprint density at radius 2 is 1.15 bits per heavy atom. The lowest BCUT2D eigenvalue weighted by Crippen LogP contribution is -2.29. The highest BCUT2D eigenvalue weighted by Gasteiger charge is 2.29. The van der Waals surface area contributed by atoms with Gasteiger partial charge in [-0.2, -0.15) is 0 Å². The maximum Gasteiger partial charge on any atom is 0.311 e. The van der Waals surface area contributed by atoms with Gasteiger partial charge in [-0.05, 0) is 53.9 Å². The maximum atomic E-state index is 12.2. The molecule has 0 aliphatic heterocycles. The normalized spacial score (nSPS) is 13.4. The molecule has 160 valence electrons. The van der Waals surface area contributed by atoms with E-state index in [1.165, 1.54) is 38.5 Å². The Morgan fingerprint density at radius 1 is 0.778 bits per heavy atom. The van der Waals surface area contributed by atoms with Crippen molar-refractivity contribution < 1.29 is 19.4 Å². The molecule has 0 fully saturated rings. The van der Waals surface area contributed by atoms with Crippen LogP contribution in [0.15, 0.2) is 0 Å². The van der Waals surface area contributed by atoms with Crippen molar-refractivity contribution in [2.45, 2.75) is 125 Å². The zero-order chi connectivity index (χ0) is 20.9. The molecule has 0 radical (unpaired) electrons. The number of hydrogen-bond donors (Lipinski definition) is 1. The smallest absolute Gasteiger partial charge is 0.311 e. The molecule has 0 bridgehead atoms. The van der Waals surface area contributed by atoms with Crippen molar-refractivity contribution in [1.29, 1.82) is 0 Å². The van der Waals surface area contributed by atoms with Crippen LogP contribution in [0.3, 0.4) is 0 Å². The number of carbonyl (C=O) groups excluding carboxylic acids is 1.